The molecule has 1 atom stereocenters. The molecule has 1 heterocycles. The molecule has 3 nitrogen and oxygen atoms in total. The fraction of sp³-hybridized carbons (Fsp3) is 0.857. The maximum absolute atomic E-state index is 10.8. The SMILES string of the molecule is CC1(C)CCN[C@H]1C(N)=O. The molecule has 0 aromatic rings. The first-order valence-corrected chi connectivity index (χ1v) is 3.57. The van der Waals surface area contributed by atoms with Gasteiger partial charge in [0.05, 0.1) is 6.04 Å². The van der Waals surface area contributed by atoms with Crippen LogP contribution in [0.4, 0.5) is 0 Å². The van der Waals surface area contributed by atoms with Crippen molar-refractivity contribution in [1.29, 1.82) is 0 Å². The molecule has 58 valence electrons. The van der Waals surface area contributed by atoms with Gasteiger partial charge in [-0.2, -0.15) is 0 Å². The average Bonchev–Trinajstić information content (AvgIpc) is 2.08. The Morgan fingerprint density at radius 1 is 1.70 bits per heavy atom. The Morgan fingerprint density at radius 3 is 2.50 bits per heavy atom. The number of nitrogens with two attached hydrogens (primary N) is 1. The molecule has 1 aliphatic rings. The minimum Gasteiger partial charge on any atom is -0.368 e. The molecule has 0 aromatic heterocycles. The molecule has 10 heavy (non-hydrogen) atoms. The monoisotopic (exact) mass is 142 g/mol. The largest absolute Gasteiger partial charge is 0.368 e. The summed E-state index contributed by atoms with van der Waals surface area (Å²) in [5.41, 5.74) is 5.22. The lowest BCUT2D eigenvalue weighted by molar-refractivity contribution is -0.121. The van der Waals surface area contributed by atoms with Gasteiger partial charge in [0.15, 0.2) is 0 Å². The van der Waals surface area contributed by atoms with Gasteiger partial charge in [-0.1, -0.05) is 13.8 Å². The minimum atomic E-state index is -0.234. The van der Waals surface area contributed by atoms with Crippen LogP contribution in [0.25, 0.3) is 0 Å². The van der Waals surface area contributed by atoms with Gasteiger partial charge in [-0.25, -0.2) is 0 Å². The van der Waals surface area contributed by atoms with Gasteiger partial charge in [-0.15, -0.1) is 0 Å². The van der Waals surface area contributed by atoms with Crippen molar-refractivity contribution in [3.05, 3.63) is 0 Å². The molecule has 1 fully saturated rings. The minimum absolute atomic E-state index is 0.0475. The van der Waals surface area contributed by atoms with Crippen molar-refractivity contribution in [2.24, 2.45) is 11.1 Å². The molecule has 0 spiro atoms. The van der Waals surface area contributed by atoms with E-state index in [9.17, 15) is 4.79 Å². The lowest BCUT2D eigenvalue weighted by Gasteiger charge is -2.22. The van der Waals surface area contributed by atoms with E-state index >= 15 is 0 Å². The van der Waals surface area contributed by atoms with Crippen molar-refractivity contribution in [1.82, 2.24) is 5.32 Å². The first kappa shape index (κ1) is 7.54. The summed E-state index contributed by atoms with van der Waals surface area (Å²) in [7, 11) is 0. The lowest BCUT2D eigenvalue weighted by Crippen LogP contribution is -2.44. The first-order chi connectivity index (χ1) is 4.54. The zero-order valence-corrected chi connectivity index (χ0v) is 6.48. The van der Waals surface area contributed by atoms with Gasteiger partial charge in [0.2, 0.25) is 5.91 Å². The summed E-state index contributed by atoms with van der Waals surface area (Å²) in [5.74, 6) is -0.234. The number of primary amides is 1. The molecule has 1 amide bonds. The number of nitrogens with one attached hydrogen (secondary N) is 1. The molecule has 0 unspecified atom stereocenters. The van der Waals surface area contributed by atoms with Gasteiger partial charge >= 0.3 is 0 Å². The summed E-state index contributed by atoms with van der Waals surface area (Å²) in [6.07, 6.45) is 1.03. The second-order valence-electron chi connectivity index (χ2n) is 3.53. The Morgan fingerprint density at radius 2 is 2.30 bits per heavy atom. The van der Waals surface area contributed by atoms with E-state index in [2.05, 4.69) is 19.2 Å². The lowest BCUT2D eigenvalue weighted by atomic mass is 9.85. The highest BCUT2D eigenvalue weighted by Gasteiger charge is 2.37. The molecule has 1 aliphatic heterocycles. The van der Waals surface area contributed by atoms with E-state index in [0.717, 1.165) is 13.0 Å². The predicted octanol–water partition coefficient (Wildman–Crippen LogP) is -0.140. The number of hydrogen-bond donors (Lipinski definition) is 2. The van der Waals surface area contributed by atoms with Crippen LogP contribution in [-0.4, -0.2) is 18.5 Å². The number of carbonyl (C=O) groups is 1. The zero-order chi connectivity index (χ0) is 7.78. The van der Waals surface area contributed by atoms with E-state index < -0.39 is 0 Å². The van der Waals surface area contributed by atoms with Crippen molar-refractivity contribution >= 4 is 5.91 Å². The highest BCUT2D eigenvalue weighted by atomic mass is 16.1. The normalized spacial score (nSPS) is 30.4. The Labute approximate surface area is 61.0 Å². The van der Waals surface area contributed by atoms with Gasteiger partial charge in [0, 0.05) is 0 Å². The molecular weight excluding hydrogens is 128 g/mol. The number of carbonyl (C=O) groups excluding carboxylic acids is 1. The van der Waals surface area contributed by atoms with Crippen LogP contribution in [0.3, 0.4) is 0 Å². The summed E-state index contributed by atoms with van der Waals surface area (Å²) in [4.78, 5) is 10.8. The fourth-order valence-corrected chi connectivity index (χ4v) is 1.45. The molecule has 1 rings (SSSR count). The van der Waals surface area contributed by atoms with E-state index in [-0.39, 0.29) is 17.4 Å². The van der Waals surface area contributed by atoms with Gasteiger partial charge < -0.3 is 11.1 Å². The standard InChI is InChI=1S/C7H14N2O/c1-7(2)3-4-9-5(7)6(8)10/h5,9H,3-4H2,1-2H3,(H2,8,10)/t5-/m0/s1. The molecule has 1 saturated heterocycles. The van der Waals surface area contributed by atoms with Crippen LogP contribution in [0.2, 0.25) is 0 Å². The van der Waals surface area contributed by atoms with E-state index in [4.69, 9.17) is 5.73 Å². The maximum Gasteiger partial charge on any atom is 0.235 e. The maximum atomic E-state index is 10.8. The van der Waals surface area contributed by atoms with E-state index in [1.54, 1.807) is 0 Å². The Kier molecular flexibility index (Phi) is 1.68. The van der Waals surface area contributed by atoms with E-state index in [0.29, 0.717) is 0 Å². The molecule has 0 radical (unpaired) electrons. The molecule has 0 aromatic carbocycles. The topological polar surface area (TPSA) is 55.1 Å². The van der Waals surface area contributed by atoms with Crippen LogP contribution in [0.1, 0.15) is 20.3 Å². The second kappa shape index (κ2) is 2.23. The number of amides is 1. The van der Waals surface area contributed by atoms with Crippen LogP contribution >= 0.6 is 0 Å². The predicted molar refractivity (Wildman–Crippen MR) is 39.4 cm³/mol. The second-order valence-corrected chi connectivity index (χ2v) is 3.53. The van der Waals surface area contributed by atoms with Crippen LogP contribution < -0.4 is 11.1 Å². The summed E-state index contributed by atoms with van der Waals surface area (Å²) in [6, 6.07) is -0.132. The smallest absolute Gasteiger partial charge is 0.235 e. The van der Waals surface area contributed by atoms with Gasteiger partial charge in [0.25, 0.3) is 0 Å². The summed E-state index contributed by atoms with van der Waals surface area (Å²) in [6.45, 7) is 5.02. The Bertz CT molecular complexity index is 154. The average molecular weight is 142 g/mol. The highest BCUT2D eigenvalue weighted by Crippen LogP contribution is 2.29. The quantitative estimate of drug-likeness (QED) is 0.535. The van der Waals surface area contributed by atoms with Crippen LogP contribution in [0, 0.1) is 5.41 Å². The molecule has 0 bridgehead atoms. The first-order valence-electron chi connectivity index (χ1n) is 3.57. The van der Waals surface area contributed by atoms with Gasteiger partial charge in [-0.3, -0.25) is 4.79 Å². The number of rotatable bonds is 1. The third-order valence-corrected chi connectivity index (χ3v) is 2.18. The molecular formula is C7H14N2O. The van der Waals surface area contributed by atoms with Crippen molar-refractivity contribution < 1.29 is 4.79 Å². The van der Waals surface area contributed by atoms with Crippen molar-refractivity contribution in [3.63, 3.8) is 0 Å². The van der Waals surface area contributed by atoms with E-state index in [1.807, 2.05) is 0 Å². The zero-order valence-electron chi connectivity index (χ0n) is 6.48. The fourth-order valence-electron chi connectivity index (χ4n) is 1.45. The highest BCUT2D eigenvalue weighted by molar-refractivity contribution is 5.81. The van der Waals surface area contributed by atoms with E-state index in [1.165, 1.54) is 0 Å². The van der Waals surface area contributed by atoms with Crippen LogP contribution in [0.5, 0.6) is 0 Å². The van der Waals surface area contributed by atoms with Crippen LogP contribution in [-0.2, 0) is 4.79 Å². The van der Waals surface area contributed by atoms with Crippen molar-refractivity contribution in [3.8, 4) is 0 Å². The molecule has 0 aliphatic carbocycles. The van der Waals surface area contributed by atoms with Crippen LogP contribution in [0.15, 0.2) is 0 Å². The summed E-state index contributed by atoms with van der Waals surface area (Å²) < 4.78 is 0. The van der Waals surface area contributed by atoms with Gasteiger partial charge in [-0.05, 0) is 18.4 Å². The van der Waals surface area contributed by atoms with Crippen molar-refractivity contribution in [2.45, 2.75) is 26.3 Å². The third kappa shape index (κ3) is 1.14. The Balaban J connectivity index is 2.68. The Hall–Kier alpha value is -0.570. The van der Waals surface area contributed by atoms with Crippen molar-refractivity contribution in [2.75, 3.05) is 6.54 Å². The molecule has 0 saturated carbocycles. The van der Waals surface area contributed by atoms with Gasteiger partial charge in [0.1, 0.15) is 0 Å². The summed E-state index contributed by atoms with van der Waals surface area (Å²) >= 11 is 0. The third-order valence-electron chi connectivity index (χ3n) is 2.18. The molecule has 3 N–H and O–H groups in total. The number of hydrogen-bond acceptors (Lipinski definition) is 2. The molecule has 3 heteroatoms. The summed E-state index contributed by atoms with van der Waals surface area (Å²) in [5, 5.41) is 3.07.